The van der Waals surface area contributed by atoms with Crippen LogP contribution in [0.2, 0.25) is 0 Å². The lowest BCUT2D eigenvalue weighted by Gasteiger charge is -2.24. The van der Waals surface area contributed by atoms with Crippen LogP contribution in [0.3, 0.4) is 0 Å². The van der Waals surface area contributed by atoms with Crippen LogP contribution in [0.15, 0.2) is 12.3 Å². The van der Waals surface area contributed by atoms with Crippen LogP contribution in [0, 0.1) is 6.92 Å². The number of hydrogen-bond donors (Lipinski definition) is 2. The Labute approximate surface area is 115 Å². The topological polar surface area (TPSA) is 48.4 Å². The van der Waals surface area contributed by atoms with Gasteiger partial charge in [0.05, 0.1) is 6.61 Å². The summed E-state index contributed by atoms with van der Waals surface area (Å²) < 4.78 is 0. The molecule has 0 unspecified atom stereocenters. The van der Waals surface area contributed by atoms with E-state index in [1.165, 1.54) is 24.0 Å². The first-order valence-electron chi connectivity index (χ1n) is 7.29. The third-order valence-corrected chi connectivity index (χ3v) is 3.44. The maximum atomic E-state index is 9.14. The van der Waals surface area contributed by atoms with Gasteiger partial charge < -0.3 is 15.3 Å². The highest BCUT2D eigenvalue weighted by molar-refractivity contribution is 5.47. The van der Waals surface area contributed by atoms with E-state index < -0.39 is 0 Å². The van der Waals surface area contributed by atoms with Crippen LogP contribution in [0.1, 0.15) is 37.3 Å². The molecular formula is C15H25N3O. The van der Waals surface area contributed by atoms with Gasteiger partial charge in [0.25, 0.3) is 0 Å². The zero-order chi connectivity index (χ0) is 13.7. The van der Waals surface area contributed by atoms with Gasteiger partial charge in [-0.05, 0) is 43.4 Å². The fraction of sp³-hybridized carbons (Fsp3) is 0.667. The van der Waals surface area contributed by atoms with Crippen LogP contribution in [-0.2, 0) is 6.54 Å². The molecule has 0 saturated heterocycles. The number of aliphatic hydroxyl groups is 1. The number of nitrogens with one attached hydrogen (secondary N) is 1. The number of aliphatic hydroxyl groups excluding tert-OH is 1. The minimum Gasteiger partial charge on any atom is -0.395 e. The number of nitrogens with zero attached hydrogens (tertiary/aromatic N) is 2. The van der Waals surface area contributed by atoms with Crippen molar-refractivity contribution in [3.05, 3.63) is 23.4 Å². The van der Waals surface area contributed by atoms with Gasteiger partial charge in [-0.3, -0.25) is 0 Å². The van der Waals surface area contributed by atoms with E-state index in [4.69, 9.17) is 5.11 Å². The van der Waals surface area contributed by atoms with Crippen molar-refractivity contribution in [3.8, 4) is 0 Å². The van der Waals surface area contributed by atoms with Crippen LogP contribution in [0.4, 0.5) is 5.82 Å². The smallest absolute Gasteiger partial charge is 0.131 e. The third-order valence-electron chi connectivity index (χ3n) is 3.44. The standard InChI is InChI=1S/C15H25N3O/c1-3-6-18(7-8-19)15-12(2)9-13(11-17-15)10-16-14-4-5-14/h9,11,14,16,19H,3-8,10H2,1-2H3. The van der Waals surface area contributed by atoms with E-state index in [1.807, 2.05) is 6.20 Å². The molecule has 1 fully saturated rings. The van der Waals surface area contributed by atoms with E-state index >= 15 is 0 Å². The molecule has 1 heterocycles. The van der Waals surface area contributed by atoms with Gasteiger partial charge in [0.15, 0.2) is 0 Å². The van der Waals surface area contributed by atoms with E-state index in [2.05, 4.69) is 35.1 Å². The Hall–Kier alpha value is -1.13. The molecule has 2 N–H and O–H groups in total. The molecule has 1 aliphatic rings. The van der Waals surface area contributed by atoms with Crippen molar-refractivity contribution >= 4 is 5.82 Å². The van der Waals surface area contributed by atoms with E-state index in [-0.39, 0.29) is 6.61 Å². The largest absolute Gasteiger partial charge is 0.395 e. The predicted octanol–water partition coefficient (Wildman–Crippen LogP) is 1.85. The second-order valence-corrected chi connectivity index (χ2v) is 5.35. The summed E-state index contributed by atoms with van der Waals surface area (Å²) in [6.07, 6.45) is 5.64. The summed E-state index contributed by atoms with van der Waals surface area (Å²) in [5, 5.41) is 12.6. The minimum atomic E-state index is 0.173. The zero-order valence-electron chi connectivity index (χ0n) is 12.0. The lowest BCUT2D eigenvalue weighted by Crippen LogP contribution is -2.29. The van der Waals surface area contributed by atoms with E-state index in [1.54, 1.807) is 0 Å². The highest BCUT2D eigenvalue weighted by Crippen LogP contribution is 2.21. The molecule has 0 atom stereocenters. The number of hydrogen-bond acceptors (Lipinski definition) is 4. The van der Waals surface area contributed by atoms with Crippen LogP contribution >= 0.6 is 0 Å². The van der Waals surface area contributed by atoms with Gasteiger partial charge in [0.2, 0.25) is 0 Å². The van der Waals surface area contributed by atoms with Crippen LogP contribution in [0.25, 0.3) is 0 Å². The van der Waals surface area contributed by atoms with Crippen molar-refractivity contribution in [2.45, 2.75) is 45.7 Å². The van der Waals surface area contributed by atoms with Gasteiger partial charge in [-0.25, -0.2) is 4.98 Å². The van der Waals surface area contributed by atoms with Gasteiger partial charge in [0.1, 0.15) is 5.82 Å². The number of aryl methyl sites for hydroxylation is 1. The normalized spacial score (nSPS) is 14.7. The molecular weight excluding hydrogens is 238 g/mol. The average molecular weight is 263 g/mol. The number of pyridine rings is 1. The van der Waals surface area contributed by atoms with Crippen molar-refractivity contribution < 1.29 is 5.11 Å². The second-order valence-electron chi connectivity index (χ2n) is 5.35. The van der Waals surface area contributed by atoms with Gasteiger partial charge in [0, 0.05) is 31.9 Å². The number of aromatic nitrogens is 1. The van der Waals surface area contributed by atoms with Gasteiger partial charge in [-0.2, -0.15) is 0 Å². The Kier molecular flexibility index (Phi) is 5.16. The van der Waals surface area contributed by atoms with Gasteiger partial charge in [-0.1, -0.05) is 6.92 Å². The third kappa shape index (κ3) is 4.18. The fourth-order valence-corrected chi connectivity index (χ4v) is 2.32. The highest BCUT2D eigenvalue weighted by atomic mass is 16.3. The molecule has 19 heavy (non-hydrogen) atoms. The molecule has 1 aromatic heterocycles. The molecule has 4 nitrogen and oxygen atoms in total. The summed E-state index contributed by atoms with van der Waals surface area (Å²) >= 11 is 0. The molecule has 0 radical (unpaired) electrons. The van der Waals surface area contributed by atoms with Gasteiger partial charge in [-0.15, -0.1) is 0 Å². The first-order valence-corrected chi connectivity index (χ1v) is 7.29. The molecule has 0 amide bonds. The Bertz CT molecular complexity index is 398. The first-order chi connectivity index (χ1) is 9.24. The lowest BCUT2D eigenvalue weighted by molar-refractivity contribution is 0.301. The van der Waals surface area contributed by atoms with Crippen molar-refractivity contribution in [2.24, 2.45) is 0 Å². The molecule has 1 aliphatic carbocycles. The lowest BCUT2D eigenvalue weighted by atomic mass is 10.2. The molecule has 0 spiro atoms. The second kappa shape index (κ2) is 6.87. The Morgan fingerprint density at radius 1 is 1.42 bits per heavy atom. The summed E-state index contributed by atoms with van der Waals surface area (Å²) in [6, 6.07) is 2.93. The van der Waals surface area contributed by atoms with Crippen LogP contribution in [-0.4, -0.2) is 35.8 Å². The minimum absolute atomic E-state index is 0.173. The summed E-state index contributed by atoms with van der Waals surface area (Å²) in [4.78, 5) is 6.75. The molecule has 106 valence electrons. The van der Waals surface area contributed by atoms with Crippen LogP contribution in [0.5, 0.6) is 0 Å². The SMILES string of the molecule is CCCN(CCO)c1ncc(CNC2CC2)cc1C. The molecule has 0 bridgehead atoms. The summed E-state index contributed by atoms with van der Waals surface area (Å²) in [5.74, 6) is 1.01. The monoisotopic (exact) mass is 263 g/mol. The van der Waals surface area contributed by atoms with Crippen molar-refractivity contribution in [2.75, 3.05) is 24.6 Å². The zero-order valence-corrected chi connectivity index (χ0v) is 12.0. The van der Waals surface area contributed by atoms with Crippen molar-refractivity contribution in [3.63, 3.8) is 0 Å². The van der Waals surface area contributed by atoms with E-state index in [0.717, 1.165) is 31.4 Å². The first kappa shape index (κ1) is 14.3. The molecule has 0 aromatic carbocycles. The van der Waals surface area contributed by atoms with Crippen molar-refractivity contribution in [1.82, 2.24) is 10.3 Å². The molecule has 1 aromatic rings. The van der Waals surface area contributed by atoms with E-state index in [9.17, 15) is 0 Å². The highest BCUT2D eigenvalue weighted by Gasteiger charge is 2.20. The van der Waals surface area contributed by atoms with Crippen LogP contribution < -0.4 is 10.2 Å². The Balaban J connectivity index is 2.02. The number of rotatable bonds is 8. The molecule has 2 rings (SSSR count). The van der Waals surface area contributed by atoms with Gasteiger partial charge >= 0.3 is 0 Å². The summed E-state index contributed by atoms with van der Waals surface area (Å²) in [7, 11) is 0. The van der Waals surface area contributed by atoms with E-state index in [0.29, 0.717) is 6.54 Å². The Morgan fingerprint density at radius 2 is 2.21 bits per heavy atom. The predicted molar refractivity (Wildman–Crippen MR) is 78.4 cm³/mol. The fourth-order valence-electron chi connectivity index (χ4n) is 2.32. The maximum absolute atomic E-state index is 9.14. The summed E-state index contributed by atoms with van der Waals surface area (Å²) in [6.45, 7) is 6.92. The number of anilines is 1. The quantitative estimate of drug-likeness (QED) is 0.751. The summed E-state index contributed by atoms with van der Waals surface area (Å²) in [5.41, 5.74) is 2.44. The Morgan fingerprint density at radius 3 is 2.79 bits per heavy atom. The molecule has 1 saturated carbocycles. The molecule has 4 heteroatoms. The average Bonchev–Trinajstić information content (AvgIpc) is 3.20. The van der Waals surface area contributed by atoms with Crippen molar-refractivity contribution in [1.29, 1.82) is 0 Å². The molecule has 0 aliphatic heterocycles. The maximum Gasteiger partial charge on any atom is 0.131 e.